The number of carbonyl (C=O) groups is 8. The Morgan fingerprint density at radius 3 is 0.684 bits per heavy atom. The molecule has 0 saturated carbocycles. The standard InChI is InChI=1S/C27H32O6.C16H26O8.C11H16O5.C10H14O4.8CH4/c1-19(2)25(28)32-17-15-30-23-11-7-21(8-12-23)27(5,6)22-9-13-24(14-10-22)31-16-18-33-26(29)20(3)4;1-11(2)15(19)23-9-13(17)7-21-5-6-22-8-14(18)10-24-16(20)12(3)4;1-7(2)10(13)15-5-9(12)6-16-11(14)8(3)4;1-7(2)9(11)13-5-6-14-10(12)8(3)4;;;;;;;;/h7-14H,1,3,15-18H2,2,4-6H3;13-14,17-18H,1,3,5-10H2,2,4H3;9,12H,1,3,5-6H2,2,4H3;1,3,5-6H2,2,4H3;8*1H4. The van der Waals surface area contributed by atoms with Crippen molar-refractivity contribution < 1.29 is 111 Å². The third-order valence-corrected chi connectivity index (χ3v) is 10.3. The van der Waals surface area contributed by atoms with Crippen molar-refractivity contribution in [1.29, 1.82) is 0 Å². The van der Waals surface area contributed by atoms with Gasteiger partial charge in [-0.1, -0.05) is 150 Å². The molecule has 0 aliphatic rings. The van der Waals surface area contributed by atoms with Crippen molar-refractivity contribution in [2.45, 2.75) is 152 Å². The minimum absolute atomic E-state index is 0. The van der Waals surface area contributed by atoms with Gasteiger partial charge < -0.3 is 72.2 Å². The maximum Gasteiger partial charge on any atom is 0.333 e. The molecule has 0 aliphatic carbocycles. The van der Waals surface area contributed by atoms with Crippen LogP contribution in [0.4, 0.5) is 0 Å². The zero-order chi connectivity index (χ0) is 66.8. The summed E-state index contributed by atoms with van der Waals surface area (Å²) >= 11 is 0. The number of ether oxygens (including phenoxy) is 12. The molecule has 2 unspecified atom stereocenters. The van der Waals surface area contributed by atoms with E-state index < -0.39 is 66.1 Å². The summed E-state index contributed by atoms with van der Waals surface area (Å²) in [5.41, 5.74) is 4.38. The Balaban J connectivity index is -0.000000130. The molecule has 0 heterocycles. The van der Waals surface area contributed by atoms with Gasteiger partial charge in [-0.15, -0.1) is 0 Å². The fourth-order valence-corrected chi connectivity index (χ4v) is 5.33. The normalized spacial score (nSPS) is 10.0. The Kier molecular flexibility index (Phi) is 68.8. The lowest BCUT2D eigenvalue weighted by Gasteiger charge is -2.26. The molecule has 0 bridgehead atoms. The monoisotopic (exact) mass is 1350 g/mol. The average Bonchev–Trinajstić information content (AvgIpc) is 0.808. The zero-order valence-electron chi connectivity index (χ0n) is 51.9. The van der Waals surface area contributed by atoms with Gasteiger partial charge in [-0.2, -0.15) is 0 Å². The van der Waals surface area contributed by atoms with E-state index in [0.717, 1.165) is 11.1 Å². The quantitative estimate of drug-likeness (QED) is 0.0247. The second-order valence-electron chi connectivity index (χ2n) is 19.7. The fraction of sp³-hybridized carbons (Fsp3) is 0.500. The first-order chi connectivity index (χ1) is 40.6. The van der Waals surface area contributed by atoms with Gasteiger partial charge in [0.2, 0.25) is 0 Å². The highest BCUT2D eigenvalue weighted by atomic mass is 16.6. The van der Waals surface area contributed by atoms with Gasteiger partial charge in [-0.3, -0.25) is 0 Å². The first-order valence-electron chi connectivity index (χ1n) is 26.9. The van der Waals surface area contributed by atoms with Crippen LogP contribution in [0.2, 0.25) is 0 Å². The van der Waals surface area contributed by atoms with E-state index in [2.05, 4.69) is 85.4 Å². The molecule has 0 aromatic heterocycles. The molecule has 546 valence electrons. The molecule has 0 amide bonds. The number of benzene rings is 2. The van der Waals surface area contributed by atoms with E-state index in [1.165, 1.54) is 27.7 Å². The molecular weight excluding hydrogens is 1230 g/mol. The Morgan fingerprint density at radius 2 is 0.484 bits per heavy atom. The third-order valence-electron chi connectivity index (χ3n) is 10.3. The molecule has 0 radical (unpaired) electrons. The van der Waals surface area contributed by atoms with Crippen LogP contribution in [-0.4, -0.2) is 174 Å². The van der Waals surface area contributed by atoms with Crippen molar-refractivity contribution in [2.75, 3.05) is 92.5 Å². The van der Waals surface area contributed by atoms with E-state index in [0.29, 0.717) is 33.8 Å². The molecule has 2 atom stereocenters. The topological polar surface area (TPSA) is 308 Å². The van der Waals surface area contributed by atoms with Crippen molar-refractivity contribution in [3.05, 3.63) is 157 Å². The number of hydrogen-bond acceptors (Lipinski definition) is 23. The predicted octanol–water partition coefficient (Wildman–Crippen LogP) is 11.9. The Morgan fingerprint density at radius 1 is 0.305 bits per heavy atom. The first-order valence-corrected chi connectivity index (χ1v) is 26.9. The molecule has 23 nitrogen and oxygen atoms in total. The maximum atomic E-state index is 11.4. The Labute approximate surface area is 569 Å². The highest BCUT2D eigenvalue weighted by Gasteiger charge is 2.23. The molecule has 23 heteroatoms. The summed E-state index contributed by atoms with van der Waals surface area (Å²) in [5, 5.41) is 28.3. The summed E-state index contributed by atoms with van der Waals surface area (Å²) in [6.45, 7) is 44.5. The number of aliphatic hydroxyl groups is 3. The van der Waals surface area contributed by atoms with E-state index in [4.69, 9.17) is 37.9 Å². The molecule has 2 aromatic rings. The van der Waals surface area contributed by atoms with Crippen LogP contribution in [0.15, 0.2) is 146 Å². The minimum Gasteiger partial charge on any atom is -0.490 e. The van der Waals surface area contributed by atoms with Gasteiger partial charge in [0, 0.05) is 50.0 Å². The highest BCUT2D eigenvalue weighted by Crippen LogP contribution is 2.33. The van der Waals surface area contributed by atoms with E-state index in [9.17, 15) is 53.7 Å². The number of aliphatic hydroxyl groups excluding tert-OH is 3. The minimum atomic E-state index is -1.05. The maximum absolute atomic E-state index is 11.4. The smallest absolute Gasteiger partial charge is 0.333 e. The van der Waals surface area contributed by atoms with Gasteiger partial charge in [-0.05, 0) is 90.8 Å². The van der Waals surface area contributed by atoms with Crippen molar-refractivity contribution in [2.24, 2.45) is 0 Å². The molecular formula is C72H120O23. The summed E-state index contributed by atoms with van der Waals surface area (Å²) < 4.78 is 59.8. The molecule has 0 fully saturated rings. The van der Waals surface area contributed by atoms with Crippen LogP contribution in [-0.2, 0) is 91.1 Å². The molecule has 3 N–H and O–H groups in total. The van der Waals surface area contributed by atoms with Crippen molar-refractivity contribution in [1.82, 2.24) is 0 Å². The molecule has 95 heavy (non-hydrogen) atoms. The Hall–Kier alpha value is -8.48. The van der Waals surface area contributed by atoms with Crippen LogP contribution >= 0.6 is 0 Å². The van der Waals surface area contributed by atoms with E-state index in [1.54, 1.807) is 27.7 Å². The molecule has 2 rings (SSSR count). The lowest BCUT2D eigenvalue weighted by molar-refractivity contribution is -0.148. The summed E-state index contributed by atoms with van der Waals surface area (Å²) in [6, 6.07) is 15.7. The summed E-state index contributed by atoms with van der Waals surface area (Å²) in [6.07, 6.45) is -2.94. The second-order valence-corrected chi connectivity index (χ2v) is 19.7. The molecule has 0 saturated heterocycles. The van der Waals surface area contributed by atoms with Crippen LogP contribution in [0, 0.1) is 0 Å². The summed E-state index contributed by atoms with van der Waals surface area (Å²) in [5.74, 6) is -2.73. The lowest BCUT2D eigenvalue weighted by Crippen LogP contribution is -2.26. The Bertz CT molecular complexity index is 2470. The molecule has 0 spiro atoms. The number of rotatable bonds is 36. The van der Waals surface area contributed by atoms with Crippen LogP contribution in [0.25, 0.3) is 0 Å². The van der Waals surface area contributed by atoms with Gasteiger partial charge in [0.1, 0.15) is 95.9 Å². The van der Waals surface area contributed by atoms with Gasteiger partial charge in [0.05, 0.1) is 26.4 Å². The van der Waals surface area contributed by atoms with Gasteiger partial charge >= 0.3 is 47.8 Å². The first kappa shape index (κ1) is 108. The fourth-order valence-electron chi connectivity index (χ4n) is 5.33. The molecule has 0 aliphatic heterocycles. The SMILES string of the molecule is C.C.C.C.C.C.C.C.C=C(C)C(=O)OCC(O)COC(=O)C(=C)C.C=C(C)C(=O)OCC(O)COCCOCC(O)COC(=O)C(=C)C.C=C(C)C(=O)OCCOC(=O)C(=C)C.C=C(C)C(=O)OCCOc1ccc(C(C)(C)c2ccc(OCCOC(=O)C(=C)C)cc2)cc1. The van der Waals surface area contributed by atoms with E-state index >= 15 is 0 Å². The van der Waals surface area contributed by atoms with Gasteiger partial charge in [-0.25, -0.2) is 38.4 Å². The number of hydrogen-bond donors (Lipinski definition) is 3. The lowest BCUT2D eigenvalue weighted by atomic mass is 9.78. The summed E-state index contributed by atoms with van der Waals surface area (Å²) in [7, 11) is 0. The van der Waals surface area contributed by atoms with Crippen molar-refractivity contribution in [3.8, 4) is 11.5 Å². The average molecular weight is 1350 g/mol. The number of esters is 8. The van der Waals surface area contributed by atoms with E-state index in [1.807, 2.05) is 48.5 Å². The van der Waals surface area contributed by atoms with Crippen LogP contribution in [0.1, 0.15) is 140 Å². The third kappa shape index (κ3) is 53.6. The zero-order valence-corrected chi connectivity index (χ0v) is 51.9. The largest absolute Gasteiger partial charge is 0.490 e. The second kappa shape index (κ2) is 60.5. The highest BCUT2D eigenvalue weighted by molar-refractivity contribution is 5.89. The van der Waals surface area contributed by atoms with Crippen molar-refractivity contribution in [3.63, 3.8) is 0 Å². The van der Waals surface area contributed by atoms with Gasteiger partial charge in [0.25, 0.3) is 0 Å². The van der Waals surface area contributed by atoms with Crippen molar-refractivity contribution >= 4 is 47.8 Å². The molecule has 2 aromatic carbocycles. The predicted molar refractivity (Wildman–Crippen MR) is 376 cm³/mol. The van der Waals surface area contributed by atoms with Gasteiger partial charge in [0.15, 0.2) is 0 Å². The number of carbonyl (C=O) groups excluding carboxylic acids is 8. The van der Waals surface area contributed by atoms with Crippen LogP contribution in [0.5, 0.6) is 11.5 Å². The van der Waals surface area contributed by atoms with Crippen LogP contribution < -0.4 is 9.47 Å². The van der Waals surface area contributed by atoms with Crippen LogP contribution in [0.3, 0.4) is 0 Å². The van der Waals surface area contributed by atoms with E-state index in [-0.39, 0.29) is 180 Å². The summed E-state index contributed by atoms with van der Waals surface area (Å²) in [4.78, 5) is 88.5.